The Bertz CT molecular complexity index is 527. The quantitative estimate of drug-likeness (QED) is 0.803. The van der Waals surface area contributed by atoms with Crippen molar-refractivity contribution in [2.45, 2.75) is 13.8 Å². The Morgan fingerprint density at radius 2 is 1.65 bits per heavy atom. The number of carbonyl (C=O) groups is 2. The highest BCUT2D eigenvalue weighted by Crippen LogP contribution is 2.34. The first-order valence-electron chi connectivity index (χ1n) is 6.02. The first-order chi connectivity index (χ1) is 9.33. The zero-order chi connectivity index (χ0) is 15.4. The highest BCUT2D eigenvalue weighted by molar-refractivity contribution is 9.10. The Balaban J connectivity index is 3.24. The molecule has 2 unspecified atom stereocenters. The molecule has 1 aromatic carbocycles. The molecular weight excluding hydrogens is 328 g/mol. The van der Waals surface area contributed by atoms with Crippen LogP contribution >= 0.6 is 15.9 Å². The molecule has 0 bridgehead atoms. The van der Waals surface area contributed by atoms with E-state index in [2.05, 4.69) is 15.9 Å². The fourth-order valence-electron chi connectivity index (χ4n) is 1.74. The third kappa shape index (κ3) is 3.30. The number of halogens is 1. The lowest BCUT2D eigenvalue weighted by atomic mass is 9.88. The van der Waals surface area contributed by atoms with Crippen LogP contribution in [0.15, 0.2) is 16.6 Å². The third-order valence-electron chi connectivity index (χ3n) is 3.29. The van der Waals surface area contributed by atoms with Crippen molar-refractivity contribution in [1.82, 2.24) is 0 Å². The van der Waals surface area contributed by atoms with Crippen LogP contribution in [0.25, 0.3) is 0 Å². The fraction of sp³-hybridized carbons (Fsp3) is 0.429. The number of Topliss-reactive ketones (excluding diaryl/α,β-unsaturated/α-hetero) is 1. The van der Waals surface area contributed by atoms with E-state index in [0.717, 1.165) is 0 Å². The van der Waals surface area contributed by atoms with Crippen molar-refractivity contribution < 1.29 is 24.2 Å². The number of methoxy groups -OCH3 is 2. The fourth-order valence-corrected chi connectivity index (χ4v) is 2.22. The summed E-state index contributed by atoms with van der Waals surface area (Å²) >= 11 is 3.31. The van der Waals surface area contributed by atoms with Crippen LogP contribution in [0.2, 0.25) is 0 Å². The van der Waals surface area contributed by atoms with Gasteiger partial charge in [-0.1, -0.05) is 13.8 Å². The summed E-state index contributed by atoms with van der Waals surface area (Å²) in [6.07, 6.45) is 0. The second kappa shape index (κ2) is 6.74. The zero-order valence-corrected chi connectivity index (χ0v) is 13.4. The highest BCUT2D eigenvalue weighted by atomic mass is 79.9. The number of aliphatic carboxylic acids is 1. The van der Waals surface area contributed by atoms with Gasteiger partial charge < -0.3 is 14.6 Å². The van der Waals surface area contributed by atoms with Crippen LogP contribution in [0.4, 0.5) is 0 Å². The maximum atomic E-state index is 12.4. The van der Waals surface area contributed by atoms with Gasteiger partial charge in [0.25, 0.3) is 0 Å². The molecule has 1 rings (SSSR count). The number of hydrogen-bond donors (Lipinski definition) is 1. The Morgan fingerprint density at radius 3 is 2.10 bits per heavy atom. The number of rotatable bonds is 6. The van der Waals surface area contributed by atoms with Gasteiger partial charge in [0.05, 0.1) is 30.2 Å². The van der Waals surface area contributed by atoms with Gasteiger partial charge in [0.2, 0.25) is 0 Å². The predicted molar refractivity (Wildman–Crippen MR) is 77.5 cm³/mol. The van der Waals surface area contributed by atoms with Gasteiger partial charge in [-0.3, -0.25) is 9.59 Å². The molecule has 0 fully saturated rings. The van der Waals surface area contributed by atoms with E-state index in [1.807, 2.05) is 0 Å². The summed E-state index contributed by atoms with van der Waals surface area (Å²) in [4.78, 5) is 23.4. The van der Waals surface area contributed by atoms with Crippen LogP contribution in [-0.4, -0.2) is 31.1 Å². The Labute approximate surface area is 126 Å². The van der Waals surface area contributed by atoms with Crippen molar-refractivity contribution in [3.63, 3.8) is 0 Å². The summed E-state index contributed by atoms with van der Waals surface area (Å²) < 4.78 is 11.0. The lowest BCUT2D eigenvalue weighted by Crippen LogP contribution is -2.25. The van der Waals surface area contributed by atoms with Crippen LogP contribution in [0.1, 0.15) is 24.2 Å². The molecular formula is C14H17BrO5. The van der Waals surface area contributed by atoms with E-state index in [9.17, 15) is 9.59 Å². The predicted octanol–water partition coefficient (Wildman–Crippen LogP) is 3.01. The Hall–Kier alpha value is -1.56. The standard InChI is InChI=1S/C14H17BrO5/c1-7(8(2)14(17)18)13(16)9-5-12(20-4)10(15)6-11(9)19-3/h5-8H,1-4H3,(H,17,18). The lowest BCUT2D eigenvalue weighted by Gasteiger charge is -2.17. The third-order valence-corrected chi connectivity index (χ3v) is 3.91. The van der Waals surface area contributed by atoms with Crippen LogP contribution in [-0.2, 0) is 4.79 Å². The van der Waals surface area contributed by atoms with E-state index in [0.29, 0.717) is 21.5 Å². The molecule has 1 aromatic rings. The van der Waals surface area contributed by atoms with Crippen LogP contribution in [0, 0.1) is 11.8 Å². The number of ketones is 1. The Kier molecular flexibility index (Phi) is 5.56. The van der Waals surface area contributed by atoms with Gasteiger partial charge in [-0.05, 0) is 28.1 Å². The molecule has 110 valence electrons. The van der Waals surface area contributed by atoms with E-state index in [1.165, 1.54) is 21.1 Å². The minimum atomic E-state index is -1.01. The van der Waals surface area contributed by atoms with Gasteiger partial charge in [0.1, 0.15) is 11.5 Å². The van der Waals surface area contributed by atoms with Gasteiger partial charge in [-0.2, -0.15) is 0 Å². The van der Waals surface area contributed by atoms with Gasteiger partial charge in [0, 0.05) is 5.92 Å². The second-order valence-corrected chi connectivity index (χ2v) is 5.32. The number of benzene rings is 1. The molecule has 0 aliphatic carbocycles. The number of ether oxygens (including phenoxy) is 2. The number of carbonyl (C=O) groups excluding carboxylic acids is 1. The molecule has 6 heteroatoms. The van der Waals surface area contributed by atoms with Crippen LogP contribution in [0.5, 0.6) is 11.5 Å². The monoisotopic (exact) mass is 344 g/mol. The maximum Gasteiger partial charge on any atom is 0.306 e. The van der Waals surface area contributed by atoms with E-state index < -0.39 is 17.8 Å². The zero-order valence-electron chi connectivity index (χ0n) is 11.8. The summed E-state index contributed by atoms with van der Waals surface area (Å²) in [5.74, 6) is -1.86. The van der Waals surface area contributed by atoms with E-state index in [1.54, 1.807) is 19.1 Å². The van der Waals surface area contributed by atoms with Gasteiger partial charge in [-0.15, -0.1) is 0 Å². The average Bonchev–Trinajstić information content (AvgIpc) is 2.44. The number of carboxylic acids is 1. The molecule has 0 aromatic heterocycles. The minimum Gasteiger partial charge on any atom is -0.496 e. The highest BCUT2D eigenvalue weighted by Gasteiger charge is 2.29. The Morgan fingerprint density at radius 1 is 1.10 bits per heavy atom. The number of carboxylic acid groups (broad SMARTS) is 1. The molecule has 0 radical (unpaired) electrons. The van der Waals surface area contributed by atoms with E-state index in [4.69, 9.17) is 14.6 Å². The molecule has 0 saturated heterocycles. The smallest absolute Gasteiger partial charge is 0.306 e. The largest absolute Gasteiger partial charge is 0.496 e. The topological polar surface area (TPSA) is 72.8 Å². The summed E-state index contributed by atoms with van der Waals surface area (Å²) in [7, 11) is 2.94. The first-order valence-corrected chi connectivity index (χ1v) is 6.81. The van der Waals surface area contributed by atoms with Crippen molar-refractivity contribution in [3.05, 3.63) is 22.2 Å². The van der Waals surface area contributed by atoms with Crippen molar-refractivity contribution in [2.24, 2.45) is 11.8 Å². The molecule has 2 atom stereocenters. The summed E-state index contributed by atoms with van der Waals surface area (Å²) in [5, 5.41) is 9.00. The molecule has 0 heterocycles. The normalized spacial score (nSPS) is 13.4. The molecule has 0 amide bonds. The molecule has 1 N–H and O–H groups in total. The van der Waals surface area contributed by atoms with Crippen LogP contribution < -0.4 is 9.47 Å². The van der Waals surface area contributed by atoms with Crippen molar-refractivity contribution in [1.29, 1.82) is 0 Å². The van der Waals surface area contributed by atoms with Crippen molar-refractivity contribution in [3.8, 4) is 11.5 Å². The SMILES string of the molecule is COc1cc(C(=O)C(C)C(C)C(=O)O)c(OC)cc1Br. The summed E-state index contributed by atoms with van der Waals surface area (Å²) in [5.41, 5.74) is 0.313. The van der Waals surface area contributed by atoms with Crippen molar-refractivity contribution in [2.75, 3.05) is 14.2 Å². The molecule has 5 nitrogen and oxygen atoms in total. The maximum absolute atomic E-state index is 12.4. The van der Waals surface area contributed by atoms with E-state index in [-0.39, 0.29) is 5.78 Å². The van der Waals surface area contributed by atoms with Crippen LogP contribution in [0.3, 0.4) is 0 Å². The van der Waals surface area contributed by atoms with Gasteiger partial charge >= 0.3 is 5.97 Å². The molecule has 0 aliphatic rings. The first kappa shape index (κ1) is 16.5. The van der Waals surface area contributed by atoms with E-state index >= 15 is 0 Å². The molecule has 0 spiro atoms. The van der Waals surface area contributed by atoms with Gasteiger partial charge in [-0.25, -0.2) is 0 Å². The summed E-state index contributed by atoms with van der Waals surface area (Å²) in [6, 6.07) is 3.18. The van der Waals surface area contributed by atoms with Crippen molar-refractivity contribution >= 4 is 27.7 Å². The molecule has 20 heavy (non-hydrogen) atoms. The summed E-state index contributed by atoms with van der Waals surface area (Å²) in [6.45, 7) is 3.10. The minimum absolute atomic E-state index is 0.289. The lowest BCUT2D eigenvalue weighted by molar-refractivity contribution is -0.142. The second-order valence-electron chi connectivity index (χ2n) is 4.47. The molecule has 0 aliphatic heterocycles. The molecule has 0 saturated carbocycles. The average molecular weight is 345 g/mol. The van der Waals surface area contributed by atoms with Gasteiger partial charge in [0.15, 0.2) is 5.78 Å². The number of hydrogen-bond acceptors (Lipinski definition) is 4.